The maximum atomic E-state index is 4.43. The molecule has 4 heteroatoms. The topological polar surface area (TPSA) is 49.8 Å². The smallest absolute Gasteiger partial charge is 0.222 e. The van der Waals surface area contributed by atoms with Crippen molar-refractivity contribution in [1.82, 2.24) is 15.3 Å². The van der Waals surface area contributed by atoms with Crippen molar-refractivity contribution in [2.75, 3.05) is 18.4 Å². The zero-order valence-electron chi connectivity index (χ0n) is 10.5. The number of nitrogens with zero attached hydrogens (tertiary/aromatic N) is 2. The third kappa shape index (κ3) is 4.14. The van der Waals surface area contributed by atoms with E-state index in [1.165, 1.54) is 5.56 Å². The summed E-state index contributed by atoms with van der Waals surface area (Å²) in [6, 6.07) is 0. The normalized spacial score (nSPS) is 10.4. The van der Waals surface area contributed by atoms with E-state index in [-0.39, 0.29) is 0 Å². The summed E-state index contributed by atoms with van der Waals surface area (Å²) < 4.78 is 0. The summed E-state index contributed by atoms with van der Waals surface area (Å²) >= 11 is 0. The van der Waals surface area contributed by atoms with Crippen molar-refractivity contribution in [3.8, 4) is 0 Å². The van der Waals surface area contributed by atoms with Crippen molar-refractivity contribution < 1.29 is 0 Å². The third-order valence-electron chi connectivity index (χ3n) is 2.36. The molecule has 0 bridgehead atoms. The van der Waals surface area contributed by atoms with Crippen molar-refractivity contribution in [1.29, 1.82) is 0 Å². The summed E-state index contributed by atoms with van der Waals surface area (Å²) in [5.41, 5.74) is 2.23. The minimum absolute atomic E-state index is 0.735. The Morgan fingerprint density at radius 2 is 1.94 bits per heavy atom. The minimum Gasteiger partial charge on any atom is -0.354 e. The Labute approximate surface area is 97.9 Å². The van der Waals surface area contributed by atoms with Gasteiger partial charge in [0.2, 0.25) is 5.95 Å². The predicted molar refractivity (Wildman–Crippen MR) is 67.5 cm³/mol. The molecule has 1 aromatic rings. The molecular weight excluding hydrogens is 200 g/mol. The van der Waals surface area contributed by atoms with E-state index in [1.54, 1.807) is 0 Å². The molecule has 4 nitrogen and oxygen atoms in total. The zero-order chi connectivity index (χ0) is 11.8. The molecule has 1 rings (SSSR count). The lowest BCUT2D eigenvalue weighted by Gasteiger charge is -2.08. The van der Waals surface area contributed by atoms with E-state index < -0.39 is 0 Å². The van der Waals surface area contributed by atoms with Gasteiger partial charge in [-0.2, -0.15) is 0 Å². The highest BCUT2D eigenvalue weighted by molar-refractivity contribution is 5.28. The molecule has 0 spiro atoms. The zero-order valence-corrected chi connectivity index (χ0v) is 10.5. The fraction of sp³-hybridized carbons (Fsp3) is 0.667. The molecule has 0 aliphatic rings. The Hall–Kier alpha value is -1.16. The average molecular weight is 222 g/mol. The molecule has 2 N–H and O–H groups in total. The first-order valence-corrected chi connectivity index (χ1v) is 6.05. The van der Waals surface area contributed by atoms with Gasteiger partial charge >= 0.3 is 0 Å². The first-order chi connectivity index (χ1) is 7.77. The van der Waals surface area contributed by atoms with Crippen LogP contribution in [0.3, 0.4) is 0 Å². The maximum Gasteiger partial charge on any atom is 0.222 e. The second-order valence-corrected chi connectivity index (χ2v) is 3.91. The van der Waals surface area contributed by atoms with Crippen molar-refractivity contribution in [3.63, 3.8) is 0 Å². The molecule has 0 amide bonds. The first-order valence-electron chi connectivity index (χ1n) is 6.05. The molecule has 90 valence electrons. The van der Waals surface area contributed by atoms with Gasteiger partial charge in [0.1, 0.15) is 0 Å². The van der Waals surface area contributed by atoms with Gasteiger partial charge in [-0.1, -0.05) is 13.8 Å². The van der Waals surface area contributed by atoms with Gasteiger partial charge in [-0.3, -0.25) is 0 Å². The van der Waals surface area contributed by atoms with Crippen LogP contribution in [0.25, 0.3) is 0 Å². The van der Waals surface area contributed by atoms with Gasteiger partial charge in [-0.25, -0.2) is 9.97 Å². The molecular formula is C12H22N4. The summed E-state index contributed by atoms with van der Waals surface area (Å²) in [4.78, 5) is 8.72. The Kier molecular flexibility index (Phi) is 5.78. The molecule has 0 saturated heterocycles. The number of aromatic nitrogens is 2. The van der Waals surface area contributed by atoms with Crippen LogP contribution in [-0.2, 0) is 6.54 Å². The predicted octanol–water partition coefficient (Wildman–Crippen LogP) is 2.11. The number of nitrogens with one attached hydrogen (secondary N) is 2. The summed E-state index contributed by atoms with van der Waals surface area (Å²) in [7, 11) is 0. The highest BCUT2D eigenvalue weighted by Crippen LogP contribution is 2.06. The summed E-state index contributed by atoms with van der Waals surface area (Å²) in [6.07, 6.45) is 4.14. The van der Waals surface area contributed by atoms with Crippen LogP contribution >= 0.6 is 0 Å². The van der Waals surface area contributed by atoms with Crippen LogP contribution in [0.15, 0.2) is 6.20 Å². The monoisotopic (exact) mass is 222 g/mol. The van der Waals surface area contributed by atoms with Crippen LogP contribution in [-0.4, -0.2) is 23.1 Å². The first kappa shape index (κ1) is 12.9. The quantitative estimate of drug-likeness (QED) is 0.694. The van der Waals surface area contributed by atoms with Gasteiger partial charge in [0.05, 0.1) is 0 Å². The Bertz CT molecular complexity index is 312. The van der Waals surface area contributed by atoms with Gasteiger partial charge in [-0.05, 0) is 26.3 Å². The molecule has 0 atom stereocenters. The van der Waals surface area contributed by atoms with Crippen molar-refractivity contribution in [3.05, 3.63) is 17.5 Å². The molecule has 0 fully saturated rings. The Morgan fingerprint density at radius 1 is 1.19 bits per heavy atom. The van der Waals surface area contributed by atoms with Gasteiger partial charge in [-0.15, -0.1) is 0 Å². The van der Waals surface area contributed by atoms with Crippen LogP contribution < -0.4 is 10.6 Å². The molecule has 1 heterocycles. The molecule has 0 aromatic carbocycles. The number of anilines is 1. The lowest BCUT2D eigenvalue weighted by atomic mass is 10.2. The lowest BCUT2D eigenvalue weighted by Crippen LogP contribution is -2.16. The molecule has 0 unspecified atom stereocenters. The maximum absolute atomic E-state index is 4.43. The van der Waals surface area contributed by atoms with Crippen LogP contribution in [0.4, 0.5) is 5.95 Å². The summed E-state index contributed by atoms with van der Waals surface area (Å²) in [5, 5.41) is 6.54. The van der Waals surface area contributed by atoms with Crippen molar-refractivity contribution in [2.45, 2.75) is 40.2 Å². The van der Waals surface area contributed by atoms with E-state index in [2.05, 4.69) is 34.4 Å². The van der Waals surface area contributed by atoms with Crippen molar-refractivity contribution >= 4 is 5.95 Å². The fourth-order valence-corrected chi connectivity index (χ4v) is 1.39. The average Bonchev–Trinajstić information content (AvgIpc) is 2.29. The largest absolute Gasteiger partial charge is 0.354 e. The lowest BCUT2D eigenvalue weighted by molar-refractivity contribution is 0.668. The van der Waals surface area contributed by atoms with E-state index in [4.69, 9.17) is 0 Å². The van der Waals surface area contributed by atoms with E-state index in [9.17, 15) is 0 Å². The highest BCUT2D eigenvalue weighted by atomic mass is 15.1. The molecule has 0 radical (unpaired) electrons. The van der Waals surface area contributed by atoms with Gasteiger partial charge in [0.15, 0.2) is 0 Å². The van der Waals surface area contributed by atoms with Gasteiger partial charge in [0.25, 0.3) is 0 Å². The standard InChI is InChI=1S/C12H22N4/c1-4-6-13-8-11-9-15-12(14-7-5-2)16-10(11)3/h9,13H,4-8H2,1-3H3,(H,14,15,16). The number of aryl methyl sites for hydroxylation is 1. The van der Waals surface area contributed by atoms with E-state index in [0.29, 0.717) is 0 Å². The van der Waals surface area contributed by atoms with Gasteiger partial charge < -0.3 is 10.6 Å². The van der Waals surface area contributed by atoms with E-state index in [0.717, 1.165) is 44.1 Å². The molecule has 16 heavy (non-hydrogen) atoms. The minimum atomic E-state index is 0.735. The molecule has 1 aromatic heterocycles. The Morgan fingerprint density at radius 3 is 2.56 bits per heavy atom. The second-order valence-electron chi connectivity index (χ2n) is 3.91. The van der Waals surface area contributed by atoms with Crippen molar-refractivity contribution in [2.24, 2.45) is 0 Å². The van der Waals surface area contributed by atoms with E-state index in [1.807, 2.05) is 13.1 Å². The molecule has 0 aliphatic heterocycles. The molecule has 0 saturated carbocycles. The van der Waals surface area contributed by atoms with Crippen LogP contribution in [0.1, 0.15) is 37.9 Å². The number of rotatable bonds is 7. The van der Waals surface area contributed by atoms with Crippen LogP contribution in [0.2, 0.25) is 0 Å². The SMILES string of the molecule is CCCNCc1cnc(NCCC)nc1C. The summed E-state index contributed by atoms with van der Waals surface area (Å²) in [6.45, 7) is 9.13. The fourth-order valence-electron chi connectivity index (χ4n) is 1.39. The molecule has 0 aliphatic carbocycles. The van der Waals surface area contributed by atoms with Crippen LogP contribution in [0, 0.1) is 6.92 Å². The Balaban J connectivity index is 2.53. The van der Waals surface area contributed by atoms with E-state index >= 15 is 0 Å². The second kappa shape index (κ2) is 7.17. The number of hydrogen-bond donors (Lipinski definition) is 2. The number of hydrogen-bond acceptors (Lipinski definition) is 4. The summed E-state index contributed by atoms with van der Waals surface area (Å²) in [5.74, 6) is 0.735. The van der Waals surface area contributed by atoms with Crippen LogP contribution in [0.5, 0.6) is 0 Å². The third-order valence-corrected chi connectivity index (χ3v) is 2.36. The highest BCUT2D eigenvalue weighted by Gasteiger charge is 2.02. The van der Waals surface area contributed by atoms with Gasteiger partial charge in [0, 0.05) is 30.5 Å².